The first-order valence-corrected chi connectivity index (χ1v) is 8.89. The van der Waals surface area contributed by atoms with Crippen LogP contribution < -0.4 is 10.6 Å². The summed E-state index contributed by atoms with van der Waals surface area (Å²) in [5.41, 5.74) is 0.241. The summed E-state index contributed by atoms with van der Waals surface area (Å²) in [5.74, 6) is 3.40. The molecule has 7 heteroatoms. The molecule has 0 amide bonds. The number of aliphatic imine (C=N–C) groups is 1. The number of morpholine rings is 1. The zero-order chi connectivity index (χ0) is 14.3. The molecule has 1 unspecified atom stereocenters. The van der Waals surface area contributed by atoms with E-state index in [9.17, 15) is 0 Å². The molecule has 2 heterocycles. The normalized spacial score (nSPS) is 26.0. The molecule has 5 nitrogen and oxygen atoms in total. The first-order valence-electron chi connectivity index (χ1n) is 7.73. The Morgan fingerprint density at radius 2 is 1.90 bits per heavy atom. The largest absolute Gasteiger partial charge is 0.379 e. The van der Waals surface area contributed by atoms with Gasteiger partial charge in [0.05, 0.1) is 25.3 Å². The monoisotopic (exact) mass is 428 g/mol. The van der Waals surface area contributed by atoms with E-state index in [-0.39, 0.29) is 29.5 Å². The second kappa shape index (κ2) is 10.1. The number of halogens is 1. The van der Waals surface area contributed by atoms with Gasteiger partial charge in [0.2, 0.25) is 0 Å². The maximum absolute atomic E-state index is 5.50. The second-order valence-corrected chi connectivity index (χ2v) is 6.46. The number of nitrogens with zero attached hydrogens (tertiary/aromatic N) is 2. The van der Waals surface area contributed by atoms with Gasteiger partial charge in [-0.05, 0) is 26.0 Å². The minimum absolute atomic E-state index is 0. The molecule has 0 spiro atoms. The summed E-state index contributed by atoms with van der Waals surface area (Å²) >= 11 is 2.06. The van der Waals surface area contributed by atoms with Crippen molar-refractivity contribution < 1.29 is 4.74 Å². The molecule has 2 rings (SSSR count). The second-order valence-electron chi connectivity index (χ2n) is 5.35. The Kier molecular flexibility index (Phi) is 9.31. The number of hydrogen-bond donors (Lipinski definition) is 2. The van der Waals surface area contributed by atoms with Gasteiger partial charge >= 0.3 is 0 Å². The van der Waals surface area contributed by atoms with Crippen molar-refractivity contribution in [2.45, 2.75) is 25.8 Å². The van der Waals surface area contributed by atoms with Crippen molar-refractivity contribution in [3.8, 4) is 0 Å². The van der Waals surface area contributed by atoms with Crippen molar-refractivity contribution in [2.75, 3.05) is 57.4 Å². The van der Waals surface area contributed by atoms with Gasteiger partial charge in [-0.3, -0.25) is 9.89 Å². The van der Waals surface area contributed by atoms with Crippen LogP contribution in [0.25, 0.3) is 0 Å². The molecule has 2 N–H and O–H groups in total. The van der Waals surface area contributed by atoms with Gasteiger partial charge in [-0.25, -0.2) is 0 Å². The van der Waals surface area contributed by atoms with Crippen molar-refractivity contribution in [3.63, 3.8) is 0 Å². The van der Waals surface area contributed by atoms with E-state index in [1.54, 1.807) is 0 Å². The molecule has 0 aliphatic carbocycles. The summed E-state index contributed by atoms with van der Waals surface area (Å²) in [5, 5.41) is 6.63. The number of thioether (sulfide) groups is 1. The molecule has 0 radical (unpaired) electrons. The Hall–Kier alpha value is 0.270. The molecule has 0 aromatic rings. The zero-order valence-corrected chi connectivity index (χ0v) is 16.3. The fourth-order valence-corrected chi connectivity index (χ4v) is 4.31. The minimum atomic E-state index is 0. The lowest BCUT2D eigenvalue weighted by Crippen LogP contribution is -2.56. The topological polar surface area (TPSA) is 48.9 Å². The molecule has 0 saturated carbocycles. The van der Waals surface area contributed by atoms with Crippen LogP contribution in [0, 0.1) is 0 Å². The Balaban J connectivity index is 0.00000220. The number of rotatable bonds is 5. The van der Waals surface area contributed by atoms with E-state index < -0.39 is 0 Å². The summed E-state index contributed by atoms with van der Waals surface area (Å²) in [6, 6.07) is 0. The van der Waals surface area contributed by atoms with Crippen LogP contribution >= 0.6 is 35.7 Å². The Morgan fingerprint density at radius 1 is 1.24 bits per heavy atom. The molecule has 2 saturated heterocycles. The van der Waals surface area contributed by atoms with Crippen LogP contribution in [0.2, 0.25) is 0 Å². The van der Waals surface area contributed by atoms with E-state index in [4.69, 9.17) is 9.73 Å². The van der Waals surface area contributed by atoms with Crippen molar-refractivity contribution >= 4 is 41.7 Å². The lowest BCUT2D eigenvalue weighted by atomic mass is 9.96. The maximum Gasteiger partial charge on any atom is 0.191 e. The highest BCUT2D eigenvalue weighted by atomic mass is 127. The highest BCUT2D eigenvalue weighted by molar-refractivity contribution is 14.0. The molecular formula is C14H29IN4OS. The molecule has 1 atom stereocenters. The quantitative estimate of drug-likeness (QED) is 0.394. The van der Waals surface area contributed by atoms with Crippen molar-refractivity contribution in [2.24, 2.45) is 4.99 Å². The van der Waals surface area contributed by atoms with Crippen molar-refractivity contribution in [1.82, 2.24) is 15.5 Å². The molecule has 2 fully saturated rings. The fraction of sp³-hybridized carbons (Fsp3) is 0.929. The van der Waals surface area contributed by atoms with E-state index in [1.807, 2.05) is 0 Å². The number of hydrogen-bond acceptors (Lipinski definition) is 4. The SMILES string of the molecule is CCNC(=NCC1(N2CCOCC2)CCSC1)NCC.I. The van der Waals surface area contributed by atoms with Crippen LogP contribution in [0.15, 0.2) is 4.99 Å². The van der Waals surface area contributed by atoms with Crippen LogP contribution in [0.4, 0.5) is 0 Å². The molecule has 2 aliphatic heterocycles. The van der Waals surface area contributed by atoms with Gasteiger partial charge in [0, 0.05) is 31.9 Å². The molecule has 2 aliphatic rings. The lowest BCUT2D eigenvalue weighted by molar-refractivity contribution is -0.0104. The van der Waals surface area contributed by atoms with Crippen molar-refractivity contribution in [1.29, 1.82) is 0 Å². The Labute approximate surface area is 150 Å². The summed E-state index contributed by atoms with van der Waals surface area (Å²) in [7, 11) is 0. The van der Waals surface area contributed by atoms with Crippen LogP contribution in [0.1, 0.15) is 20.3 Å². The van der Waals surface area contributed by atoms with Crippen LogP contribution in [-0.4, -0.2) is 73.8 Å². The fourth-order valence-electron chi connectivity index (χ4n) is 2.84. The third kappa shape index (κ3) is 5.44. The first-order chi connectivity index (χ1) is 9.80. The van der Waals surface area contributed by atoms with Crippen molar-refractivity contribution in [3.05, 3.63) is 0 Å². The zero-order valence-electron chi connectivity index (χ0n) is 13.2. The molecule has 0 aromatic carbocycles. The van der Waals surface area contributed by atoms with Gasteiger partial charge in [0.25, 0.3) is 0 Å². The van der Waals surface area contributed by atoms with Gasteiger partial charge in [-0.15, -0.1) is 24.0 Å². The number of ether oxygens (including phenoxy) is 1. The van der Waals surface area contributed by atoms with Gasteiger partial charge in [-0.2, -0.15) is 11.8 Å². The molecule has 0 aromatic heterocycles. The predicted octanol–water partition coefficient (Wildman–Crippen LogP) is 1.39. The van der Waals surface area contributed by atoms with E-state index in [0.29, 0.717) is 0 Å². The smallest absolute Gasteiger partial charge is 0.191 e. The first kappa shape index (κ1) is 19.3. The molecule has 124 valence electrons. The summed E-state index contributed by atoms with van der Waals surface area (Å²) in [6.07, 6.45) is 1.24. The summed E-state index contributed by atoms with van der Waals surface area (Å²) in [6.45, 7) is 10.7. The molecule has 21 heavy (non-hydrogen) atoms. The average Bonchev–Trinajstić information content (AvgIpc) is 2.96. The predicted molar refractivity (Wildman–Crippen MR) is 102 cm³/mol. The average molecular weight is 428 g/mol. The summed E-state index contributed by atoms with van der Waals surface area (Å²) < 4.78 is 5.50. The molecular weight excluding hydrogens is 399 g/mol. The summed E-state index contributed by atoms with van der Waals surface area (Å²) in [4.78, 5) is 7.44. The Morgan fingerprint density at radius 3 is 2.43 bits per heavy atom. The highest BCUT2D eigenvalue weighted by Crippen LogP contribution is 2.34. The van der Waals surface area contributed by atoms with Crippen LogP contribution in [0.5, 0.6) is 0 Å². The van der Waals surface area contributed by atoms with Gasteiger partial charge in [0.1, 0.15) is 0 Å². The van der Waals surface area contributed by atoms with E-state index in [1.165, 1.54) is 17.9 Å². The van der Waals surface area contributed by atoms with Gasteiger partial charge < -0.3 is 15.4 Å². The number of guanidine groups is 1. The Bertz CT molecular complexity index is 310. The van der Waals surface area contributed by atoms with E-state index in [2.05, 4.69) is 41.1 Å². The van der Waals surface area contributed by atoms with Crippen LogP contribution in [-0.2, 0) is 4.74 Å². The van der Waals surface area contributed by atoms with Gasteiger partial charge in [0.15, 0.2) is 5.96 Å². The highest BCUT2D eigenvalue weighted by Gasteiger charge is 2.40. The third-order valence-corrected chi connectivity index (χ3v) is 5.22. The maximum atomic E-state index is 5.50. The van der Waals surface area contributed by atoms with E-state index in [0.717, 1.165) is 51.9 Å². The van der Waals surface area contributed by atoms with Crippen LogP contribution in [0.3, 0.4) is 0 Å². The van der Waals surface area contributed by atoms with E-state index >= 15 is 0 Å². The van der Waals surface area contributed by atoms with Gasteiger partial charge in [-0.1, -0.05) is 0 Å². The standard InChI is InChI=1S/C14H28N4OS.HI/c1-3-15-13(16-4-2)17-11-14(5-10-20-12-14)18-6-8-19-9-7-18;/h3-12H2,1-2H3,(H2,15,16,17);1H. The number of nitrogens with one attached hydrogen (secondary N) is 2. The minimum Gasteiger partial charge on any atom is -0.379 e. The lowest BCUT2D eigenvalue weighted by Gasteiger charge is -2.42. The molecule has 0 bridgehead atoms. The third-order valence-electron chi connectivity index (χ3n) is 3.98.